The highest BCUT2D eigenvalue weighted by Gasteiger charge is 2.19. The maximum atomic E-state index is 13.4. The molecule has 0 saturated heterocycles. The van der Waals surface area contributed by atoms with Crippen LogP contribution >= 0.6 is 0 Å². The predicted molar refractivity (Wildman–Crippen MR) is 96.3 cm³/mol. The van der Waals surface area contributed by atoms with Gasteiger partial charge >= 0.3 is 0 Å². The second-order valence-electron chi connectivity index (χ2n) is 5.88. The van der Waals surface area contributed by atoms with Gasteiger partial charge in [-0.3, -0.25) is 4.72 Å². The third kappa shape index (κ3) is 3.72. The average molecular weight is 374 g/mol. The summed E-state index contributed by atoms with van der Waals surface area (Å²) in [4.78, 5) is 4.14. The zero-order chi connectivity index (χ0) is 18.9. The van der Waals surface area contributed by atoms with Gasteiger partial charge in [-0.1, -0.05) is 12.1 Å². The molecule has 0 atom stereocenters. The minimum absolute atomic E-state index is 0.0925. The van der Waals surface area contributed by atoms with Crippen molar-refractivity contribution in [3.05, 3.63) is 77.4 Å². The van der Waals surface area contributed by atoms with Gasteiger partial charge in [0.25, 0.3) is 10.0 Å². The van der Waals surface area contributed by atoms with E-state index in [0.717, 1.165) is 6.07 Å². The SMILES string of the molecule is Cc1cc(F)ccc1-c1cccc(NS(=O)(=O)c2cc(F)ccc2C)n1. The van der Waals surface area contributed by atoms with Crippen LogP contribution in [0.5, 0.6) is 0 Å². The van der Waals surface area contributed by atoms with Crippen molar-refractivity contribution >= 4 is 15.8 Å². The van der Waals surface area contributed by atoms with Crippen LogP contribution in [0.25, 0.3) is 11.3 Å². The van der Waals surface area contributed by atoms with Crippen molar-refractivity contribution in [1.82, 2.24) is 4.98 Å². The molecule has 134 valence electrons. The highest BCUT2D eigenvalue weighted by atomic mass is 32.2. The first-order valence-corrected chi connectivity index (χ1v) is 9.27. The zero-order valence-corrected chi connectivity index (χ0v) is 14.9. The minimum atomic E-state index is -3.99. The van der Waals surface area contributed by atoms with E-state index in [9.17, 15) is 17.2 Å². The molecule has 0 bridgehead atoms. The van der Waals surface area contributed by atoms with Crippen molar-refractivity contribution in [2.45, 2.75) is 18.7 Å². The molecule has 3 aromatic rings. The van der Waals surface area contributed by atoms with Crippen molar-refractivity contribution in [3.63, 3.8) is 0 Å². The van der Waals surface area contributed by atoms with Crippen molar-refractivity contribution in [1.29, 1.82) is 0 Å². The van der Waals surface area contributed by atoms with Crippen LogP contribution in [0.3, 0.4) is 0 Å². The summed E-state index contributed by atoms with van der Waals surface area (Å²) in [7, 11) is -3.99. The van der Waals surface area contributed by atoms with E-state index >= 15 is 0 Å². The molecule has 0 aliphatic rings. The molecule has 3 rings (SSSR count). The fourth-order valence-electron chi connectivity index (χ4n) is 2.61. The normalized spacial score (nSPS) is 11.4. The molecule has 4 nitrogen and oxygen atoms in total. The lowest BCUT2D eigenvalue weighted by Crippen LogP contribution is -2.15. The maximum absolute atomic E-state index is 13.4. The highest BCUT2D eigenvalue weighted by Crippen LogP contribution is 2.25. The van der Waals surface area contributed by atoms with Crippen molar-refractivity contribution in [2.75, 3.05) is 4.72 Å². The molecule has 0 aliphatic carbocycles. The lowest BCUT2D eigenvalue weighted by Gasteiger charge is -2.11. The third-order valence-corrected chi connectivity index (χ3v) is 5.39. The van der Waals surface area contributed by atoms with Crippen molar-refractivity contribution in [3.8, 4) is 11.3 Å². The third-order valence-electron chi connectivity index (χ3n) is 3.89. The number of sulfonamides is 1. The summed E-state index contributed by atoms with van der Waals surface area (Å²) in [6, 6.07) is 12.7. The predicted octanol–water partition coefficient (Wildman–Crippen LogP) is 4.44. The summed E-state index contributed by atoms with van der Waals surface area (Å²) in [6.45, 7) is 3.33. The Labute approximate surface area is 150 Å². The van der Waals surface area contributed by atoms with Crippen LogP contribution in [0.1, 0.15) is 11.1 Å². The van der Waals surface area contributed by atoms with E-state index < -0.39 is 15.8 Å². The summed E-state index contributed by atoms with van der Waals surface area (Å²) >= 11 is 0. The summed E-state index contributed by atoms with van der Waals surface area (Å²) in [5.74, 6) is -0.904. The molecule has 0 fully saturated rings. The van der Waals surface area contributed by atoms with Crippen LogP contribution in [0.4, 0.5) is 14.6 Å². The number of pyridine rings is 1. The van der Waals surface area contributed by atoms with Gasteiger partial charge < -0.3 is 0 Å². The number of hydrogen-bond donors (Lipinski definition) is 1. The molecule has 1 aromatic heterocycles. The second-order valence-corrected chi connectivity index (χ2v) is 7.53. The Balaban J connectivity index is 1.97. The molecule has 7 heteroatoms. The molecule has 1 heterocycles. The Morgan fingerprint density at radius 3 is 2.31 bits per heavy atom. The van der Waals surface area contributed by atoms with E-state index in [2.05, 4.69) is 9.71 Å². The van der Waals surface area contributed by atoms with Gasteiger partial charge in [0, 0.05) is 5.56 Å². The number of rotatable bonds is 4. The zero-order valence-electron chi connectivity index (χ0n) is 14.1. The monoisotopic (exact) mass is 374 g/mol. The Morgan fingerprint density at radius 1 is 0.885 bits per heavy atom. The van der Waals surface area contributed by atoms with Gasteiger partial charge in [0.2, 0.25) is 0 Å². The molecular formula is C19H16F2N2O2S. The van der Waals surface area contributed by atoms with E-state index in [0.29, 0.717) is 22.4 Å². The lowest BCUT2D eigenvalue weighted by molar-refractivity contribution is 0.594. The van der Waals surface area contributed by atoms with Crippen molar-refractivity contribution < 1.29 is 17.2 Å². The smallest absolute Gasteiger partial charge is 0.263 e. The number of hydrogen-bond acceptors (Lipinski definition) is 3. The Bertz CT molecular complexity index is 1080. The first kappa shape index (κ1) is 18.0. The van der Waals surface area contributed by atoms with Gasteiger partial charge in [0.1, 0.15) is 17.5 Å². The highest BCUT2D eigenvalue weighted by molar-refractivity contribution is 7.92. The van der Waals surface area contributed by atoms with E-state index in [4.69, 9.17) is 0 Å². The number of halogens is 2. The molecule has 0 saturated carbocycles. The molecule has 26 heavy (non-hydrogen) atoms. The first-order chi connectivity index (χ1) is 12.3. The Hall–Kier alpha value is -2.80. The quantitative estimate of drug-likeness (QED) is 0.734. The van der Waals surface area contributed by atoms with Gasteiger partial charge in [0.05, 0.1) is 10.6 Å². The Kier molecular flexibility index (Phi) is 4.73. The number of nitrogens with one attached hydrogen (secondary N) is 1. The van der Waals surface area contributed by atoms with E-state index in [-0.39, 0.29) is 16.5 Å². The van der Waals surface area contributed by atoms with Gasteiger partial charge in [-0.2, -0.15) is 0 Å². The van der Waals surface area contributed by atoms with E-state index in [1.807, 2.05) is 0 Å². The van der Waals surface area contributed by atoms with Crippen LogP contribution in [0.2, 0.25) is 0 Å². The topological polar surface area (TPSA) is 59.1 Å². The molecular weight excluding hydrogens is 358 g/mol. The van der Waals surface area contributed by atoms with Gasteiger partial charge in [-0.15, -0.1) is 0 Å². The van der Waals surface area contributed by atoms with Crippen molar-refractivity contribution in [2.24, 2.45) is 0 Å². The summed E-state index contributed by atoms with van der Waals surface area (Å²) in [6.07, 6.45) is 0. The van der Waals surface area contributed by atoms with Crippen LogP contribution in [-0.4, -0.2) is 13.4 Å². The fourth-order valence-corrected chi connectivity index (χ4v) is 3.87. The van der Waals surface area contributed by atoms with Crippen LogP contribution in [-0.2, 0) is 10.0 Å². The van der Waals surface area contributed by atoms with E-state index in [1.54, 1.807) is 32.0 Å². The number of aromatic nitrogens is 1. The Morgan fingerprint density at radius 2 is 1.58 bits per heavy atom. The summed E-state index contributed by atoms with van der Waals surface area (Å²) < 4.78 is 54.2. The summed E-state index contributed by atoms with van der Waals surface area (Å²) in [5, 5.41) is 0. The van der Waals surface area contributed by atoms with Crippen LogP contribution in [0.15, 0.2) is 59.5 Å². The summed E-state index contributed by atoms with van der Waals surface area (Å²) in [5.41, 5.74) is 2.29. The standard InChI is InChI=1S/C19H16F2N2O2S/c1-12-6-7-15(21)11-18(12)26(24,25)23-19-5-3-4-17(22-19)16-9-8-14(20)10-13(16)2/h3-11H,1-2H3,(H,22,23). The van der Waals surface area contributed by atoms with E-state index in [1.165, 1.54) is 30.3 Å². The number of nitrogens with zero attached hydrogens (tertiary/aromatic N) is 1. The molecule has 0 amide bonds. The van der Waals surface area contributed by atoms with Crippen LogP contribution in [0, 0.1) is 25.5 Å². The fraction of sp³-hybridized carbons (Fsp3) is 0.105. The minimum Gasteiger partial charge on any atom is -0.263 e. The number of benzene rings is 2. The van der Waals surface area contributed by atoms with Gasteiger partial charge in [0.15, 0.2) is 0 Å². The number of anilines is 1. The van der Waals surface area contributed by atoms with Crippen LogP contribution < -0.4 is 4.72 Å². The molecule has 2 aromatic carbocycles. The molecule has 0 unspecified atom stereocenters. The largest absolute Gasteiger partial charge is 0.263 e. The van der Waals surface area contributed by atoms with Gasteiger partial charge in [-0.25, -0.2) is 22.2 Å². The second kappa shape index (κ2) is 6.84. The molecule has 1 N–H and O–H groups in total. The average Bonchev–Trinajstić information content (AvgIpc) is 2.57. The first-order valence-electron chi connectivity index (χ1n) is 7.79. The molecule has 0 spiro atoms. The molecule has 0 aliphatic heterocycles. The molecule has 0 radical (unpaired) electrons. The lowest BCUT2D eigenvalue weighted by atomic mass is 10.1. The van der Waals surface area contributed by atoms with Gasteiger partial charge in [-0.05, 0) is 67.4 Å². The maximum Gasteiger partial charge on any atom is 0.263 e. The number of aryl methyl sites for hydroxylation is 2.